The average Bonchev–Trinajstić information content (AvgIpc) is 2.98. The molecule has 0 unspecified atom stereocenters. The van der Waals surface area contributed by atoms with Gasteiger partial charge in [-0.3, -0.25) is 9.89 Å². The van der Waals surface area contributed by atoms with Gasteiger partial charge in [-0.25, -0.2) is 9.37 Å². The van der Waals surface area contributed by atoms with E-state index in [1.54, 1.807) is 6.07 Å². The number of hydrogen-bond acceptors (Lipinski definition) is 4. The molecule has 1 aromatic heterocycles. The van der Waals surface area contributed by atoms with Crippen molar-refractivity contribution >= 4 is 12.0 Å². The highest BCUT2D eigenvalue weighted by Gasteiger charge is 2.02. The summed E-state index contributed by atoms with van der Waals surface area (Å²) in [6, 6.07) is 4.48. The van der Waals surface area contributed by atoms with Crippen LogP contribution in [-0.4, -0.2) is 34.7 Å². The first-order valence-corrected chi connectivity index (χ1v) is 6.32. The number of methoxy groups -OCH3 is 1. The molecule has 0 saturated carbocycles. The Morgan fingerprint density at radius 2 is 2.38 bits per heavy atom. The Labute approximate surface area is 121 Å². The van der Waals surface area contributed by atoms with Crippen LogP contribution in [0.25, 0.3) is 6.08 Å². The van der Waals surface area contributed by atoms with E-state index in [0.29, 0.717) is 24.4 Å². The predicted molar refractivity (Wildman–Crippen MR) is 75.1 cm³/mol. The standard InChI is InChI=1S/C14H15FN4O2/c1-21-12-4-2-10(8-11(12)15)3-5-14(20)16-7-6-13-17-9-18-19-13/h2-5,8-9H,6-7H2,1H3,(H,16,20)(H,17,18,19). The minimum atomic E-state index is -0.467. The molecule has 2 N–H and O–H groups in total. The van der Waals surface area contributed by atoms with E-state index < -0.39 is 5.82 Å². The molecule has 7 heteroatoms. The Morgan fingerprint density at radius 1 is 1.52 bits per heavy atom. The van der Waals surface area contributed by atoms with E-state index in [2.05, 4.69) is 20.5 Å². The maximum Gasteiger partial charge on any atom is 0.244 e. The number of ether oxygens (including phenoxy) is 1. The summed E-state index contributed by atoms with van der Waals surface area (Å²) in [6.07, 6.45) is 4.86. The maximum atomic E-state index is 13.5. The quantitative estimate of drug-likeness (QED) is 0.786. The lowest BCUT2D eigenvalue weighted by molar-refractivity contribution is -0.116. The molecule has 0 aliphatic heterocycles. The van der Waals surface area contributed by atoms with E-state index in [-0.39, 0.29) is 11.7 Å². The first-order chi connectivity index (χ1) is 10.2. The molecular formula is C14H15FN4O2. The van der Waals surface area contributed by atoms with Crippen LogP contribution in [0.3, 0.4) is 0 Å². The van der Waals surface area contributed by atoms with Gasteiger partial charge >= 0.3 is 0 Å². The van der Waals surface area contributed by atoms with Gasteiger partial charge < -0.3 is 10.1 Å². The Kier molecular flexibility index (Phi) is 5.03. The van der Waals surface area contributed by atoms with Gasteiger partial charge in [0.15, 0.2) is 11.6 Å². The molecule has 0 atom stereocenters. The van der Waals surface area contributed by atoms with Crippen molar-refractivity contribution in [2.24, 2.45) is 0 Å². The number of nitrogens with one attached hydrogen (secondary N) is 2. The molecule has 2 aromatic rings. The predicted octanol–water partition coefficient (Wildman–Crippen LogP) is 1.32. The van der Waals surface area contributed by atoms with Crippen LogP contribution in [0.15, 0.2) is 30.6 Å². The van der Waals surface area contributed by atoms with Crippen molar-refractivity contribution in [2.75, 3.05) is 13.7 Å². The number of aromatic nitrogens is 3. The molecular weight excluding hydrogens is 275 g/mol. The molecule has 1 heterocycles. The number of H-pyrrole nitrogens is 1. The zero-order chi connectivity index (χ0) is 15.1. The number of carbonyl (C=O) groups excluding carboxylic acids is 1. The van der Waals surface area contributed by atoms with Crippen molar-refractivity contribution in [3.63, 3.8) is 0 Å². The second-order valence-corrected chi connectivity index (χ2v) is 4.20. The summed E-state index contributed by atoms with van der Waals surface area (Å²) in [5, 5.41) is 9.11. The van der Waals surface area contributed by atoms with Crippen LogP contribution in [0.2, 0.25) is 0 Å². The van der Waals surface area contributed by atoms with E-state index in [0.717, 1.165) is 0 Å². The van der Waals surface area contributed by atoms with Crippen LogP contribution in [0, 0.1) is 5.82 Å². The van der Waals surface area contributed by atoms with Gasteiger partial charge in [0, 0.05) is 19.0 Å². The van der Waals surface area contributed by atoms with E-state index in [9.17, 15) is 9.18 Å². The van der Waals surface area contributed by atoms with Gasteiger partial charge in [-0.15, -0.1) is 0 Å². The van der Waals surface area contributed by atoms with Gasteiger partial charge in [0.05, 0.1) is 7.11 Å². The van der Waals surface area contributed by atoms with Crippen LogP contribution in [0.1, 0.15) is 11.4 Å². The molecule has 2 rings (SSSR count). The first kappa shape index (κ1) is 14.7. The van der Waals surface area contributed by atoms with Gasteiger partial charge in [-0.05, 0) is 23.8 Å². The molecule has 1 amide bonds. The normalized spacial score (nSPS) is 10.8. The second kappa shape index (κ2) is 7.18. The van der Waals surface area contributed by atoms with Crippen molar-refractivity contribution < 1.29 is 13.9 Å². The lowest BCUT2D eigenvalue weighted by Crippen LogP contribution is -2.23. The third-order valence-electron chi connectivity index (χ3n) is 2.73. The maximum absolute atomic E-state index is 13.5. The fraction of sp³-hybridized carbons (Fsp3) is 0.214. The van der Waals surface area contributed by atoms with Gasteiger partial charge in [0.25, 0.3) is 0 Å². The fourth-order valence-electron chi connectivity index (χ4n) is 1.67. The number of rotatable bonds is 6. The van der Waals surface area contributed by atoms with Crippen molar-refractivity contribution in [3.05, 3.63) is 47.8 Å². The highest BCUT2D eigenvalue weighted by atomic mass is 19.1. The summed E-state index contributed by atoms with van der Waals surface area (Å²) in [4.78, 5) is 15.5. The number of nitrogens with zero attached hydrogens (tertiary/aromatic N) is 2. The number of aromatic amines is 1. The molecule has 6 nitrogen and oxygen atoms in total. The molecule has 110 valence electrons. The fourth-order valence-corrected chi connectivity index (χ4v) is 1.67. The second-order valence-electron chi connectivity index (χ2n) is 4.20. The summed E-state index contributed by atoms with van der Waals surface area (Å²) in [6.45, 7) is 0.440. The van der Waals surface area contributed by atoms with Gasteiger partial charge in [-0.2, -0.15) is 5.10 Å². The molecule has 0 saturated heterocycles. The van der Waals surface area contributed by atoms with Crippen LogP contribution >= 0.6 is 0 Å². The lowest BCUT2D eigenvalue weighted by atomic mass is 10.2. The molecule has 0 radical (unpaired) electrons. The Bertz CT molecular complexity index is 626. The Morgan fingerprint density at radius 3 is 3.05 bits per heavy atom. The first-order valence-electron chi connectivity index (χ1n) is 6.32. The van der Waals surface area contributed by atoms with Crippen molar-refractivity contribution in [1.82, 2.24) is 20.5 Å². The van der Waals surface area contributed by atoms with E-state index >= 15 is 0 Å². The molecule has 0 aliphatic carbocycles. The minimum absolute atomic E-state index is 0.170. The zero-order valence-corrected chi connectivity index (χ0v) is 11.5. The SMILES string of the molecule is COc1ccc(C=CC(=O)NCCc2ncn[nH]2)cc1F. The average molecular weight is 290 g/mol. The summed E-state index contributed by atoms with van der Waals surface area (Å²) >= 11 is 0. The number of amides is 1. The topological polar surface area (TPSA) is 79.9 Å². The number of benzene rings is 1. The van der Waals surface area contributed by atoms with Crippen LogP contribution in [0.5, 0.6) is 5.75 Å². The Balaban J connectivity index is 1.82. The van der Waals surface area contributed by atoms with E-state index in [4.69, 9.17) is 4.74 Å². The molecule has 0 bridgehead atoms. The smallest absolute Gasteiger partial charge is 0.244 e. The number of hydrogen-bond donors (Lipinski definition) is 2. The molecule has 0 aliphatic rings. The van der Waals surface area contributed by atoms with Crippen LogP contribution in [0.4, 0.5) is 4.39 Å². The van der Waals surface area contributed by atoms with Crippen LogP contribution in [-0.2, 0) is 11.2 Å². The highest BCUT2D eigenvalue weighted by Crippen LogP contribution is 2.18. The summed E-state index contributed by atoms with van der Waals surface area (Å²) < 4.78 is 18.3. The third kappa shape index (κ3) is 4.41. The third-order valence-corrected chi connectivity index (χ3v) is 2.73. The molecule has 21 heavy (non-hydrogen) atoms. The highest BCUT2D eigenvalue weighted by molar-refractivity contribution is 5.91. The minimum Gasteiger partial charge on any atom is -0.494 e. The zero-order valence-electron chi connectivity index (χ0n) is 11.5. The number of carbonyl (C=O) groups is 1. The monoisotopic (exact) mass is 290 g/mol. The Hall–Kier alpha value is -2.70. The van der Waals surface area contributed by atoms with Gasteiger partial charge in [0.1, 0.15) is 12.2 Å². The van der Waals surface area contributed by atoms with Gasteiger partial charge in [-0.1, -0.05) is 6.07 Å². The largest absolute Gasteiger partial charge is 0.494 e. The van der Waals surface area contributed by atoms with Crippen molar-refractivity contribution in [2.45, 2.75) is 6.42 Å². The van der Waals surface area contributed by atoms with E-state index in [1.807, 2.05) is 0 Å². The molecule has 0 fully saturated rings. The van der Waals surface area contributed by atoms with Crippen molar-refractivity contribution in [3.8, 4) is 5.75 Å². The summed E-state index contributed by atoms with van der Waals surface area (Å²) in [7, 11) is 1.40. The van der Waals surface area contributed by atoms with Crippen LogP contribution < -0.4 is 10.1 Å². The number of halogens is 1. The lowest BCUT2D eigenvalue weighted by Gasteiger charge is -2.02. The van der Waals surface area contributed by atoms with Gasteiger partial charge in [0.2, 0.25) is 5.91 Å². The molecule has 1 aromatic carbocycles. The summed E-state index contributed by atoms with van der Waals surface area (Å²) in [5.74, 6) is 0.149. The van der Waals surface area contributed by atoms with E-state index in [1.165, 1.54) is 37.7 Å². The summed E-state index contributed by atoms with van der Waals surface area (Å²) in [5.41, 5.74) is 0.582. The van der Waals surface area contributed by atoms with Crippen molar-refractivity contribution in [1.29, 1.82) is 0 Å². The molecule has 0 spiro atoms.